The molecule has 96 valence electrons. The van der Waals surface area contributed by atoms with Gasteiger partial charge in [0, 0.05) is 12.2 Å². The smallest absolute Gasteiger partial charge is 0.164 e. The van der Waals surface area contributed by atoms with E-state index < -0.39 is 0 Å². The van der Waals surface area contributed by atoms with E-state index in [4.69, 9.17) is 0 Å². The summed E-state index contributed by atoms with van der Waals surface area (Å²) in [6, 6.07) is 4.20. The van der Waals surface area contributed by atoms with Crippen molar-refractivity contribution in [3.63, 3.8) is 0 Å². The molecule has 0 radical (unpaired) electrons. The Balaban J connectivity index is 2.00. The number of pyridine rings is 1. The van der Waals surface area contributed by atoms with E-state index in [1.807, 2.05) is 20.9 Å². The van der Waals surface area contributed by atoms with Crippen LogP contribution in [0.3, 0.4) is 0 Å². The Labute approximate surface area is 107 Å². The number of aromatic nitrogens is 4. The molecule has 0 amide bonds. The lowest BCUT2D eigenvalue weighted by molar-refractivity contribution is 0.307. The van der Waals surface area contributed by atoms with Gasteiger partial charge >= 0.3 is 0 Å². The molecule has 1 N–H and O–H groups in total. The molecule has 0 bridgehead atoms. The zero-order chi connectivity index (χ0) is 13.1. The van der Waals surface area contributed by atoms with Crippen LogP contribution in [0, 0.1) is 20.8 Å². The number of nitrogens with zero attached hydrogens (tertiary/aromatic N) is 4. The predicted molar refractivity (Wildman–Crippen MR) is 70.0 cm³/mol. The molecule has 18 heavy (non-hydrogen) atoms. The SMILES string of the molecule is Cc1cc(C)nc(CN(C)Cc2n[nH]c(C)n2)c1. The summed E-state index contributed by atoms with van der Waals surface area (Å²) in [5.41, 5.74) is 3.40. The van der Waals surface area contributed by atoms with Crippen LogP contribution in [-0.2, 0) is 13.1 Å². The zero-order valence-corrected chi connectivity index (χ0v) is 11.4. The highest BCUT2D eigenvalue weighted by Gasteiger charge is 2.07. The van der Waals surface area contributed by atoms with Crippen LogP contribution in [0.5, 0.6) is 0 Å². The minimum atomic E-state index is 0.721. The van der Waals surface area contributed by atoms with Gasteiger partial charge < -0.3 is 0 Å². The Morgan fingerprint density at radius 3 is 2.50 bits per heavy atom. The van der Waals surface area contributed by atoms with Crippen molar-refractivity contribution in [2.75, 3.05) is 7.05 Å². The molecule has 2 aromatic heterocycles. The van der Waals surface area contributed by atoms with E-state index >= 15 is 0 Å². The van der Waals surface area contributed by atoms with Crippen molar-refractivity contribution >= 4 is 0 Å². The number of hydrogen-bond donors (Lipinski definition) is 1. The number of aromatic amines is 1. The van der Waals surface area contributed by atoms with Crippen molar-refractivity contribution < 1.29 is 0 Å². The molecule has 2 heterocycles. The molecule has 0 aliphatic heterocycles. The molecule has 0 unspecified atom stereocenters. The minimum absolute atomic E-state index is 0.721. The van der Waals surface area contributed by atoms with Crippen LogP contribution in [0.4, 0.5) is 0 Å². The van der Waals surface area contributed by atoms with Crippen molar-refractivity contribution in [1.82, 2.24) is 25.1 Å². The van der Waals surface area contributed by atoms with Crippen LogP contribution >= 0.6 is 0 Å². The third-order valence-electron chi connectivity index (χ3n) is 2.64. The normalized spacial score (nSPS) is 11.2. The van der Waals surface area contributed by atoms with Gasteiger partial charge in [-0.05, 0) is 45.5 Å². The van der Waals surface area contributed by atoms with E-state index in [1.165, 1.54) is 5.56 Å². The first-order valence-corrected chi connectivity index (χ1v) is 6.03. The van der Waals surface area contributed by atoms with Gasteiger partial charge in [0.05, 0.1) is 12.2 Å². The topological polar surface area (TPSA) is 57.7 Å². The molecular formula is C13H19N5. The molecule has 2 aromatic rings. The number of H-pyrrole nitrogens is 1. The zero-order valence-electron chi connectivity index (χ0n) is 11.4. The molecule has 0 fully saturated rings. The molecule has 0 aromatic carbocycles. The lowest BCUT2D eigenvalue weighted by atomic mass is 10.2. The highest BCUT2D eigenvalue weighted by Crippen LogP contribution is 2.08. The van der Waals surface area contributed by atoms with Gasteiger partial charge in [-0.3, -0.25) is 15.0 Å². The number of nitrogens with one attached hydrogen (secondary N) is 1. The predicted octanol–water partition coefficient (Wildman–Crippen LogP) is 1.76. The van der Waals surface area contributed by atoms with E-state index in [0.29, 0.717) is 0 Å². The summed E-state index contributed by atoms with van der Waals surface area (Å²) < 4.78 is 0. The van der Waals surface area contributed by atoms with E-state index in [0.717, 1.165) is 36.1 Å². The highest BCUT2D eigenvalue weighted by atomic mass is 15.2. The Morgan fingerprint density at radius 1 is 1.11 bits per heavy atom. The molecule has 5 nitrogen and oxygen atoms in total. The van der Waals surface area contributed by atoms with Crippen LogP contribution in [0.25, 0.3) is 0 Å². The summed E-state index contributed by atoms with van der Waals surface area (Å²) in [5.74, 6) is 1.67. The second-order valence-corrected chi connectivity index (χ2v) is 4.79. The third kappa shape index (κ3) is 3.37. The van der Waals surface area contributed by atoms with E-state index in [2.05, 4.69) is 44.1 Å². The van der Waals surface area contributed by atoms with Crippen LogP contribution in [0.2, 0.25) is 0 Å². The fourth-order valence-electron chi connectivity index (χ4n) is 2.04. The van der Waals surface area contributed by atoms with Crippen molar-refractivity contribution in [2.24, 2.45) is 0 Å². The van der Waals surface area contributed by atoms with Gasteiger partial charge in [-0.1, -0.05) is 0 Å². The first-order chi connectivity index (χ1) is 8.52. The van der Waals surface area contributed by atoms with Crippen molar-refractivity contribution in [3.8, 4) is 0 Å². The average Bonchev–Trinajstić information content (AvgIpc) is 2.61. The summed E-state index contributed by atoms with van der Waals surface area (Å²) in [4.78, 5) is 11.0. The Morgan fingerprint density at radius 2 is 1.89 bits per heavy atom. The Bertz CT molecular complexity index is 512. The maximum Gasteiger partial charge on any atom is 0.164 e. The monoisotopic (exact) mass is 245 g/mol. The first kappa shape index (κ1) is 12.7. The Kier molecular flexibility index (Phi) is 3.72. The van der Waals surface area contributed by atoms with Gasteiger partial charge in [0.2, 0.25) is 0 Å². The fourth-order valence-corrected chi connectivity index (χ4v) is 2.04. The lowest BCUT2D eigenvalue weighted by Gasteiger charge is -2.14. The number of rotatable bonds is 4. The lowest BCUT2D eigenvalue weighted by Crippen LogP contribution is -2.19. The molecule has 0 spiro atoms. The van der Waals surface area contributed by atoms with Crippen LogP contribution in [0.1, 0.15) is 28.6 Å². The molecule has 0 saturated heterocycles. The van der Waals surface area contributed by atoms with E-state index in [1.54, 1.807) is 0 Å². The van der Waals surface area contributed by atoms with E-state index in [-0.39, 0.29) is 0 Å². The van der Waals surface area contributed by atoms with Crippen LogP contribution in [0.15, 0.2) is 12.1 Å². The van der Waals surface area contributed by atoms with Crippen LogP contribution < -0.4 is 0 Å². The molecule has 0 aliphatic carbocycles. The molecule has 0 saturated carbocycles. The average molecular weight is 245 g/mol. The molecule has 0 atom stereocenters. The summed E-state index contributed by atoms with van der Waals surface area (Å²) in [7, 11) is 2.05. The molecule has 5 heteroatoms. The standard InChI is InChI=1S/C13H19N5/c1-9-5-10(2)14-12(6-9)7-18(4)8-13-15-11(3)16-17-13/h5-6H,7-8H2,1-4H3,(H,15,16,17). The molecular weight excluding hydrogens is 226 g/mol. The quantitative estimate of drug-likeness (QED) is 0.891. The van der Waals surface area contributed by atoms with Gasteiger partial charge in [-0.25, -0.2) is 4.98 Å². The minimum Gasteiger partial charge on any atom is -0.293 e. The Hall–Kier alpha value is -1.75. The van der Waals surface area contributed by atoms with Crippen LogP contribution in [-0.4, -0.2) is 32.1 Å². The summed E-state index contributed by atoms with van der Waals surface area (Å²) in [6.45, 7) is 7.54. The first-order valence-electron chi connectivity index (χ1n) is 6.03. The van der Waals surface area contributed by atoms with E-state index in [9.17, 15) is 0 Å². The molecule has 2 rings (SSSR count). The third-order valence-corrected chi connectivity index (χ3v) is 2.64. The van der Waals surface area contributed by atoms with Gasteiger partial charge in [0.25, 0.3) is 0 Å². The summed E-state index contributed by atoms with van der Waals surface area (Å²) in [5, 5.41) is 6.99. The maximum absolute atomic E-state index is 4.53. The summed E-state index contributed by atoms with van der Waals surface area (Å²) >= 11 is 0. The second kappa shape index (κ2) is 5.27. The van der Waals surface area contributed by atoms with Gasteiger partial charge in [0.15, 0.2) is 5.82 Å². The fraction of sp³-hybridized carbons (Fsp3) is 0.462. The largest absolute Gasteiger partial charge is 0.293 e. The maximum atomic E-state index is 4.53. The van der Waals surface area contributed by atoms with Crippen molar-refractivity contribution in [3.05, 3.63) is 40.7 Å². The highest BCUT2D eigenvalue weighted by molar-refractivity contribution is 5.19. The number of aryl methyl sites for hydroxylation is 3. The van der Waals surface area contributed by atoms with Gasteiger partial charge in [0.1, 0.15) is 5.82 Å². The molecule has 0 aliphatic rings. The van der Waals surface area contributed by atoms with Gasteiger partial charge in [-0.15, -0.1) is 0 Å². The van der Waals surface area contributed by atoms with Crippen molar-refractivity contribution in [1.29, 1.82) is 0 Å². The summed E-state index contributed by atoms with van der Waals surface area (Å²) in [6.07, 6.45) is 0. The van der Waals surface area contributed by atoms with Gasteiger partial charge in [-0.2, -0.15) is 5.10 Å². The second-order valence-electron chi connectivity index (χ2n) is 4.79. The number of hydrogen-bond acceptors (Lipinski definition) is 4. The van der Waals surface area contributed by atoms with Crippen molar-refractivity contribution in [2.45, 2.75) is 33.9 Å².